The predicted molar refractivity (Wildman–Crippen MR) is 252 cm³/mol. The molecule has 0 bridgehead atoms. The van der Waals surface area contributed by atoms with Crippen molar-refractivity contribution in [1.82, 2.24) is 24.5 Å². The lowest BCUT2D eigenvalue weighted by Crippen LogP contribution is -2.02. The van der Waals surface area contributed by atoms with Crippen LogP contribution in [0, 0.1) is 0 Å². The normalized spacial score (nSPS) is 11.5. The van der Waals surface area contributed by atoms with E-state index in [1.165, 1.54) is 10.8 Å². The van der Waals surface area contributed by atoms with Crippen molar-refractivity contribution in [3.8, 4) is 73.4 Å². The summed E-state index contributed by atoms with van der Waals surface area (Å²) >= 11 is 0. The monoisotopic (exact) mass is 793 g/mol. The SMILES string of the molecule is c1ccc(-c2nc(-c3ccccc3)nc(-c3cc(-c4ccccc4-c4ccccc4)cnc3-c3ccc4c(c3)oc3cc5c(cc34)c3ccccc3n5-c3ccccc3)n2)cc1. The number of hydrogen-bond acceptors (Lipinski definition) is 5. The molecule has 0 spiro atoms. The maximum atomic E-state index is 6.78. The van der Waals surface area contributed by atoms with E-state index in [9.17, 15) is 0 Å². The Bertz CT molecular complexity index is 3560. The molecular weight excluding hydrogens is 759 g/mol. The molecular formula is C56H35N5O. The van der Waals surface area contributed by atoms with E-state index in [0.717, 1.165) is 88.9 Å². The zero-order chi connectivity index (χ0) is 41.0. The summed E-state index contributed by atoms with van der Waals surface area (Å²) in [5, 5.41) is 4.48. The van der Waals surface area contributed by atoms with E-state index in [1.54, 1.807) is 0 Å². The number of furan rings is 1. The van der Waals surface area contributed by atoms with Gasteiger partial charge in [-0.2, -0.15) is 0 Å². The fourth-order valence-corrected chi connectivity index (χ4v) is 8.79. The van der Waals surface area contributed by atoms with Crippen molar-refractivity contribution in [2.45, 2.75) is 0 Å². The van der Waals surface area contributed by atoms with Gasteiger partial charge in [-0.3, -0.25) is 4.98 Å². The molecule has 6 heteroatoms. The third-order valence-corrected chi connectivity index (χ3v) is 11.7. The standard InChI is InChI=1S/C56H35N5O/c1-5-17-36(18-6-1)42-25-13-14-26-43(42)40-31-48(56-59-54(37-19-7-2-8-20-37)58-55(60-56)38-21-9-3-10-22-38)53(57-35-40)39-29-30-45-47-33-46-44-27-15-16-28-49(44)61(41-23-11-4-12-24-41)50(46)34-52(47)62-51(45)32-39/h1-35H. The van der Waals surface area contributed by atoms with E-state index >= 15 is 0 Å². The predicted octanol–water partition coefficient (Wildman–Crippen LogP) is 14.3. The highest BCUT2D eigenvalue weighted by Crippen LogP contribution is 2.42. The number of benzene rings is 8. The first-order valence-electron chi connectivity index (χ1n) is 20.7. The number of pyridine rings is 1. The van der Waals surface area contributed by atoms with Crippen molar-refractivity contribution in [3.63, 3.8) is 0 Å². The van der Waals surface area contributed by atoms with Crippen molar-refractivity contribution in [3.05, 3.63) is 212 Å². The topological polar surface area (TPSA) is 69.6 Å². The van der Waals surface area contributed by atoms with Crippen LogP contribution in [0.15, 0.2) is 217 Å². The van der Waals surface area contributed by atoms with E-state index in [4.69, 9.17) is 24.4 Å². The molecule has 0 saturated carbocycles. The van der Waals surface area contributed by atoms with Crippen molar-refractivity contribution in [2.24, 2.45) is 0 Å². The van der Waals surface area contributed by atoms with Gasteiger partial charge in [0.2, 0.25) is 0 Å². The zero-order valence-electron chi connectivity index (χ0n) is 33.4. The Kier molecular flexibility index (Phi) is 8.38. The van der Waals surface area contributed by atoms with Crippen LogP contribution in [-0.4, -0.2) is 24.5 Å². The molecule has 290 valence electrons. The summed E-state index contributed by atoms with van der Waals surface area (Å²) in [4.78, 5) is 20.7. The van der Waals surface area contributed by atoms with Crippen LogP contribution < -0.4 is 0 Å². The minimum Gasteiger partial charge on any atom is -0.456 e. The van der Waals surface area contributed by atoms with Gasteiger partial charge < -0.3 is 8.98 Å². The van der Waals surface area contributed by atoms with Crippen LogP contribution in [0.25, 0.3) is 117 Å². The molecule has 0 aliphatic heterocycles. The van der Waals surface area contributed by atoms with E-state index in [1.807, 2.05) is 72.9 Å². The van der Waals surface area contributed by atoms with Crippen molar-refractivity contribution in [1.29, 1.82) is 0 Å². The highest BCUT2D eigenvalue weighted by atomic mass is 16.3. The lowest BCUT2D eigenvalue weighted by molar-refractivity contribution is 0.669. The maximum Gasteiger partial charge on any atom is 0.166 e. The molecule has 0 atom stereocenters. The molecule has 8 aromatic carbocycles. The smallest absolute Gasteiger partial charge is 0.166 e. The van der Waals surface area contributed by atoms with Gasteiger partial charge in [-0.15, -0.1) is 0 Å². The Morgan fingerprint density at radius 2 is 0.903 bits per heavy atom. The Morgan fingerprint density at radius 1 is 0.339 bits per heavy atom. The number of para-hydroxylation sites is 2. The van der Waals surface area contributed by atoms with Gasteiger partial charge in [-0.1, -0.05) is 158 Å². The molecule has 0 N–H and O–H groups in total. The molecule has 62 heavy (non-hydrogen) atoms. The number of nitrogens with zero attached hydrogens (tertiary/aromatic N) is 5. The third-order valence-electron chi connectivity index (χ3n) is 11.7. The fourth-order valence-electron chi connectivity index (χ4n) is 8.79. The Labute approximate surface area is 357 Å². The first-order valence-corrected chi connectivity index (χ1v) is 20.7. The molecule has 0 fully saturated rings. The molecule has 0 saturated heterocycles. The molecule has 6 nitrogen and oxygen atoms in total. The summed E-state index contributed by atoms with van der Waals surface area (Å²) in [6.07, 6.45) is 1.96. The lowest BCUT2D eigenvalue weighted by atomic mass is 9.93. The molecule has 0 radical (unpaired) electrons. The summed E-state index contributed by atoms with van der Waals surface area (Å²) < 4.78 is 9.10. The minimum absolute atomic E-state index is 0.528. The van der Waals surface area contributed by atoms with Crippen molar-refractivity contribution < 1.29 is 4.42 Å². The highest BCUT2D eigenvalue weighted by Gasteiger charge is 2.21. The second-order valence-corrected chi connectivity index (χ2v) is 15.4. The maximum absolute atomic E-state index is 6.78. The van der Waals surface area contributed by atoms with Gasteiger partial charge in [0.25, 0.3) is 0 Å². The Balaban J connectivity index is 1.07. The second-order valence-electron chi connectivity index (χ2n) is 15.4. The average Bonchev–Trinajstić information content (AvgIpc) is 3.88. The summed E-state index contributed by atoms with van der Waals surface area (Å²) in [7, 11) is 0. The van der Waals surface area contributed by atoms with Gasteiger partial charge in [-0.05, 0) is 59.2 Å². The van der Waals surface area contributed by atoms with Crippen LogP contribution in [0.4, 0.5) is 0 Å². The van der Waals surface area contributed by atoms with Crippen molar-refractivity contribution in [2.75, 3.05) is 0 Å². The van der Waals surface area contributed by atoms with Crippen LogP contribution in [0.2, 0.25) is 0 Å². The Morgan fingerprint density at radius 3 is 1.60 bits per heavy atom. The van der Waals surface area contributed by atoms with Gasteiger partial charge in [0.1, 0.15) is 11.2 Å². The van der Waals surface area contributed by atoms with Crippen LogP contribution >= 0.6 is 0 Å². The second kappa shape index (κ2) is 14.7. The summed E-state index contributed by atoms with van der Waals surface area (Å²) in [6.45, 7) is 0. The fraction of sp³-hybridized carbons (Fsp3) is 0. The molecule has 0 amide bonds. The summed E-state index contributed by atoms with van der Waals surface area (Å²) in [6, 6.07) is 71.2. The van der Waals surface area contributed by atoms with Gasteiger partial charge >= 0.3 is 0 Å². The highest BCUT2D eigenvalue weighted by molar-refractivity contribution is 6.17. The number of hydrogen-bond donors (Lipinski definition) is 0. The van der Waals surface area contributed by atoms with Crippen LogP contribution in [-0.2, 0) is 0 Å². The summed E-state index contributed by atoms with van der Waals surface area (Å²) in [5.41, 5.74) is 13.4. The molecule has 0 aliphatic carbocycles. The molecule has 12 aromatic rings. The minimum atomic E-state index is 0.528. The molecule has 12 rings (SSSR count). The van der Waals surface area contributed by atoms with E-state index in [0.29, 0.717) is 17.5 Å². The van der Waals surface area contributed by atoms with Gasteiger partial charge in [-0.25, -0.2) is 15.0 Å². The first-order chi connectivity index (χ1) is 30.7. The molecule has 0 aliphatic rings. The van der Waals surface area contributed by atoms with Gasteiger partial charge in [0.15, 0.2) is 17.5 Å². The van der Waals surface area contributed by atoms with E-state index < -0.39 is 0 Å². The molecule has 4 aromatic heterocycles. The quantitative estimate of drug-likeness (QED) is 0.161. The van der Waals surface area contributed by atoms with E-state index in [2.05, 4.69) is 144 Å². The largest absolute Gasteiger partial charge is 0.456 e. The van der Waals surface area contributed by atoms with Crippen LogP contribution in [0.3, 0.4) is 0 Å². The third kappa shape index (κ3) is 6.04. The number of aromatic nitrogens is 5. The average molecular weight is 794 g/mol. The van der Waals surface area contributed by atoms with Crippen LogP contribution in [0.1, 0.15) is 0 Å². The number of fused-ring (bicyclic) bond motifs is 6. The molecule has 0 unspecified atom stereocenters. The lowest BCUT2D eigenvalue weighted by Gasteiger charge is -2.15. The van der Waals surface area contributed by atoms with Gasteiger partial charge in [0.05, 0.1) is 16.7 Å². The van der Waals surface area contributed by atoms with E-state index in [-0.39, 0.29) is 0 Å². The summed E-state index contributed by atoms with van der Waals surface area (Å²) in [5.74, 6) is 1.70. The van der Waals surface area contributed by atoms with Gasteiger partial charge in [0, 0.05) is 67.3 Å². The number of rotatable bonds is 7. The van der Waals surface area contributed by atoms with Crippen LogP contribution in [0.5, 0.6) is 0 Å². The Hall–Kier alpha value is -8.48. The zero-order valence-corrected chi connectivity index (χ0v) is 33.4. The molecule has 4 heterocycles. The first kappa shape index (κ1) is 35.5. The van der Waals surface area contributed by atoms with Crippen molar-refractivity contribution >= 4 is 43.7 Å².